The third-order valence-corrected chi connectivity index (χ3v) is 3.41. The van der Waals surface area contributed by atoms with Crippen molar-refractivity contribution in [2.45, 2.75) is 6.92 Å². The van der Waals surface area contributed by atoms with Crippen molar-refractivity contribution in [3.63, 3.8) is 0 Å². The first-order chi connectivity index (χ1) is 10.7. The lowest BCUT2D eigenvalue weighted by molar-refractivity contribution is 0.252. The molecule has 0 spiro atoms. The number of rotatable bonds is 3. The highest BCUT2D eigenvalue weighted by atomic mass is 16.2. The van der Waals surface area contributed by atoms with Crippen LogP contribution < -0.4 is 10.6 Å². The van der Waals surface area contributed by atoms with Crippen molar-refractivity contribution >= 4 is 22.8 Å². The van der Waals surface area contributed by atoms with E-state index < -0.39 is 0 Å². The molecule has 0 aliphatic rings. The summed E-state index contributed by atoms with van der Waals surface area (Å²) < 4.78 is 1.95. The van der Waals surface area contributed by atoms with Crippen molar-refractivity contribution in [1.82, 2.24) is 19.9 Å². The number of urea groups is 1. The van der Waals surface area contributed by atoms with Gasteiger partial charge in [0.2, 0.25) is 0 Å². The maximum Gasteiger partial charge on any atom is 0.319 e. The van der Waals surface area contributed by atoms with Gasteiger partial charge in [0, 0.05) is 49.5 Å². The molecule has 6 heteroatoms. The molecule has 0 aliphatic carbocycles. The van der Waals surface area contributed by atoms with Gasteiger partial charge in [0.25, 0.3) is 0 Å². The molecule has 0 fully saturated rings. The first kappa shape index (κ1) is 14.1. The van der Waals surface area contributed by atoms with Gasteiger partial charge in [0.1, 0.15) is 5.52 Å². The third-order valence-electron chi connectivity index (χ3n) is 3.41. The number of anilines is 1. The molecule has 3 heterocycles. The number of aromatic nitrogens is 3. The monoisotopic (exact) mass is 295 g/mol. The van der Waals surface area contributed by atoms with Crippen LogP contribution >= 0.6 is 0 Å². The van der Waals surface area contributed by atoms with Gasteiger partial charge in [-0.3, -0.25) is 9.97 Å². The first-order valence-electron chi connectivity index (χ1n) is 7.09. The average Bonchev–Trinajstić information content (AvgIpc) is 2.84. The summed E-state index contributed by atoms with van der Waals surface area (Å²) in [5.41, 5.74) is 4.42. The molecule has 112 valence electrons. The van der Waals surface area contributed by atoms with Crippen molar-refractivity contribution in [3.05, 3.63) is 43.0 Å². The highest BCUT2D eigenvalue weighted by Gasteiger charge is 2.11. The highest BCUT2D eigenvalue weighted by Crippen LogP contribution is 2.27. The van der Waals surface area contributed by atoms with Crippen LogP contribution in [0.25, 0.3) is 22.2 Å². The summed E-state index contributed by atoms with van der Waals surface area (Å²) in [5, 5.41) is 5.53. The van der Waals surface area contributed by atoms with Gasteiger partial charge >= 0.3 is 6.03 Å². The van der Waals surface area contributed by atoms with Gasteiger partial charge in [0.15, 0.2) is 0 Å². The number of hydrogen-bond donors (Lipinski definition) is 2. The Kier molecular flexibility index (Phi) is 3.74. The second kappa shape index (κ2) is 5.85. The average molecular weight is 295 g/mol. The minimum atomic E-state index is -0.229. The SMILES string of the molecule is CCNC(=O)Nc1cn(C)c2cc(-c3cccnc3)cnc12. The topological polar surface area (TPSA) is 71.8 Å². The normalized spacial score (nSPS) is 10.6. The summed E-state index contributed by atoms with van der Waals surface area (Å²) in [6, 6.07) is 5.70. The molecular weight excluding hydrogens is 278 g/mol. The van der Waals surface area contributed by atoms with Gasteiger partial charge in [-0.1, -0.05) is 6.07 Å². The summed E-state index contributed by atoms with van der Waals surface area (Å²) in [4.78, 5) is 20.3. The first-order valence-corrected chi connectivity index (χ1v) is 7.09. The van der Waals surface area contributed by atoms with Crippen LogP contribution in [0.5, 0.6) is 0 Å². The molecule has 0 atom stereocenters. The van der Waals surface area contributed by atoms with Crippen LogP contribution in [0.4, 0.5) is 10.5 Å². The van der Waals surface area contributed by atoms with Crippen molar-refractivity contribution < 1.29 is 4.79 Å². The smallest absolute Gasteiger partial charge is 0.319 e. The molecule has 2 amide bonds. The third kappa shape index (κ3) is 2.63. The maximum absolute atomic E-state index is 11.7. The fourth-order valence-corrected chi connectivity index (χ4v) is 2.36. The molecule has 0 aromatic carbocycles. The highest BCUT2D eigenvalue weighted by molar-refractivity contribution is 6.00. The summed E-state index contributed by atoms with van der Waals surface area (Å²) in [7, 11) is 1.93. The summed E-state index contributed by atoms with van der Waals surface area (Å²) in [6.07, 6.45) is 7.20. The van der Waals surface area contributed by atoms with Crippen LogP contribution in [0, 0.1) is 0 Å². The van der Waals surface area contributed by atoms with Gasteiger partial charge in [-0.05, 0) is 19.1 Å². The molecule has 0 saturated heterocycles. The van der Waals surface area contributed by atoms with Crippen molar-refractivity contribution in [1.29, 1.82) is 0 Å². The Labute approximate surface area is 128 Å². The summed E-state index contributed by atoms with van der Waals surface area (Å²) in [5.74, 6) is 0. The number of carbonyl (C=O) groups excluding carboxylic acids is 1. The van der Waals surface area contributed by atoms with Crippen molar-refractivity contribution in [2.75, 3.05) is 11.9 Å². The molecule has 3 aromatic heterocycles. The van der Waals surface area contributed by atoms with Crippen LogP contribution in [0.3, 0.4) is 0 Å². The lowest BCUT2D eigenvalue weighted by atomic mass is 10.1. The summed E-state index contributed by atoms with van der Waals surface area (Å²) >= 11 is 0. The Balaban J connectivity index is 2.00. The van der Waals surface area contributed by atoms with E-state index >= 15 is 0 Å². The fraction of sp³-hybridized carbons (Fsp3) is 0.188. The van der Waals surface area contributed by atoms with E-state index in [-0.39, 0.29) is 6.03 Å². The molecule has 3 rings (SSSR count). The predicted molar refractivity (Wildman–Crippen MR) is 86.6 cm³/mol. The number of amides is 2. The Morgan fingerprint density at radius 1 is 1.32 bits per heavy atom. The second-order valence-electron chi connectivity index (χ2n) is 4.97. The number of carbonyl (C=O) groups is 1. The molecule has 0 bridgehead atoms. The van der Waals surface area contributed by atoms with Crippen LogP contribution in [-0.4, -0.2) is 27.1 Å². The zero-order chi connectivity index (χ0) is 15.5. The maximum atomic E-state index is 11.7. The van der Waals surface area contributed by atoms with E-state index in [4.69, 9.17) is 0 Å². The van der Waals surface area contributed by atoms with E-state index in [0.717, 1.165) is 22.2 Å². The molecule has 3 aromatic rings. The van der Waals surface area contributed by atoms with Crippen LogP contribution in [0.15, 0.2) is 43.0 Å². The number of nitrogens with one attached hydrogen (secondary N) is 2. The lowest BCUT2D eigenvalue weighted by Crippen LogP contribution is -2.28. The van der Waals surface area contributed by atoms with Gasteiger partial charge in [-0.15, -0.1) is 0 Å². The molecule has 0 unspecified atom stereocenters. The van der Waals surface area contributed by atoms with Crippen molar-refractivity contribution in [3.8, 4) is 11.1 Å². The molecule has 0 radical (unpaired) electrons. The number of hydrogen-bond acceptors (Lipinski definition) is 3. The second-order valence-corrected chi connectivity index (χ2v) is 4.97. The van der Waals surface area contributed by atoms with Crippen LogP contribution in [0.1, 0.15) is 6.92 Å². The van der Waals surface area contributed by atoms with E-state index in [0.29, 0.717) is 12.2 Å². The Morgan fingerprint density at radius 2 is 2.18 bits per heavy atom. The van der Waals surface area contributed by atoms with Crippen molar-refractivity contribution in [2.24, 2.45) is 7.05 Å². The number of nitrogens with zero attached hydrogens (tertiary/aromatic N) is 3. The Bertz CT molecular complexity index is 810. The predicted octanol–water partition coefficient (Wildman–Crippen LogP) is 2.78. The van der Waals surface area contributed by atoms with Crippen LogP contribution in [0.2, 0.25) is 0 Å². The van der Waals surface area contributed by atoms with Crippen LogP contribution in [-0.2, 0) is 7.05 Å². The molecule has 2 N–H and O–H groups in total. The van der Waals surface area contributed by atoms with E-state index in [1.807, 2.05) is 42.9 Å². The van der Waals surface area contributed by atoms with E-state index in [1.54, 1.807) is 18.6 Å². The molecule has 6 nitrogen and oxygen atoms in total. The Morgan fingerprint density at radius 3 is 2.91 bits per heavy atom. The molecular formula is C16H17N5O. The van der Waals surface area contributed by atoms with Gasteiger partial charge < -0.3 is 15.2 Å². The quantitative estimate of drug-likeness (QED) is 0.780. The van der Waals surface area contributed by atoms with Gasteiger partial charge in [-0.2, -0.15) is 0 Å². The molecule has 0 saturated carbocycles. The number of aryl methyl sites for hydroxylation is 1. The van der Waals surface area contributed by atoms with Gasteiger partial charge in [0.05, 0.1) is 11.2 Å². The van der Waals surface area contributed by atoms with Gasteiger partial charge in [-0.25, -0.2) is 4.79 Å². The minimum Gasteiger partial charge on any atom is -0.347 e. The minimum absolute atomic E-state index is 0.229. The molecule has 22 heavy (non-hydrogen) atoms. The lowest BCUT2D eigenvalue weighted by Gasteiger charge is -2.04. The number of fused-ring (bicyclic) bond motifs is 1. The fourth-order valence-electron chi connectivity index (χ4n) is 2.36. The van der Waals surface area contributed by atoms with E-state index in [9.17, 15) is 4.79 Å². The standard InChI is InChI=1S/C16H17N5O/c1-3-18-16(22)20-13-10-21(2)14-7-12(9-19-15(13)14)11-5-4-6-17-8-11/h4-10H,3H2,1-2H3,(H2,18,20,22). The Hall–Kier alpha value is -2.89. The largest absolute Gasteiger partial charge is 0.347 e. The number of pyridine rings is 2. The summed E-state index contributed by atoms with van der Waals surface area (Å²) in [6.45, 7) is 2.45. The van der Waals surface area contributed by atoms with E-state index in [1.165, 1.54) is 0 Å². The zero-order valence-corrected chi connectivity index (χ0v) is 12.5. The zero-order valence-electron chi connectivity index (χ0n) is 12.5. The molecule has 0 aliphatic heterocycles. The van der Waals surface area contributed by atoms with E-state index in [2.05, 4.69) is 20.6 Å².